The number of carbonyl (C=O) groups excluding carboxylic acids is 1. The summed E-state index contributed by atoms with van der Waals surface area (Å²) in [6.07, 6.45) is 6.00. The van der Waals surface area contributed by atoms with Crippen molar-refractivity contribution >= 4 is 29.1 Å². The zero-order valence-corrected chi connectivity index (χ0v) is 17.4. The van der Waals surface area contributed by atoms with Crippen molar-refractivity contribution in [3.8, 4) is 0 Å². The molecule has 1 heterocycles. The molecule has 4 nitrogen and oxygen atoms in total. The van der Waals surface area contributed by atoms with Crippen LogP contribution in [0.15, 0.2) is 54.6 Å². The number of nitrogens with zero attached hydrogens (tertiary/aromatic N) is 1. The van der Waals surface area contributed by atoms with Crippen molar-refractivity contribution in [2.45, 2.75) is 31.7 Å². The van der Waals surface area contributed by atoms with Gasteiger partial charge >= 0.3 is 0 Å². The van der Waals surface area contributed by atoms with Crippen LogP contribution in [0.2, 0.25) is 10.0 Å². The molecule has 0 spiro atoms. The molecule has 0 bridgehead atoms. The van der Waals surface area contributed by atoms with Gasteiger partial charge in [-0.15, -0.1) is 0 Å². The molecule has 0 radical (unpaired) electrons. The molecule has 1 aliphatic heterocycles. The lowest BCUT2D eigenvalue weighted by Gasteiger charge is -2.35. The number of amides is 1. The van der Waals surface area contributed by atoms with E-state index in [0.29, 0.717) is 18.2 Å². The number of ether oxygens (including phenoxy) is 1. The molecule has 1 atom stereocenters. The fraction of sp³-hybridized carbons (Fsp3) is 0.409. The first-order valence-corrected chi connectivity index (χ1v) is 10.3. The molecule has 4 rings (SSSR count). The third-order valence-corrected chi connectivity index (χ3v) is 5.03. The van der Waals surface area contributed by atoms with Gasteiger partial charge in [-0.05, 0) is 29.8 Å². The second kappa shape index (κ2) is 12.8. The molecule has 1 aliphatic carbocycles. The highest BCUT2D eigenvalue weighted by molar-refractivity contribution is 6.30. The molecule has 6 heteroatoms. The maximum atomic E-state index is 11.7. The number of β-amino-alcohol motifs (C(OH)–C–C–N with tert-alkyl or cyclic N) is 1. The Morgan fingerprint density at radius 2 is 1.50 bits per heavy atom. The molecule has 1 amide bonds. The highest BCUT2D eigenvalue weighted by Crippen LogP contribution is 2.25. The third kappa shape index (κ3) is 7.80. The summed E-state index contributed by atoms with van der Waals surface area (Å²) in [6.45, 7) is 0.822. The second-order valence-electron chi connectivity index (χ2n) is 6.60. The van der Waals surface area contributed by atoms with Crippen LogP contribution in [0.1, 0.15) is 37.3 Å². The smallest absolute Gasteiger partial charge is 0.249 e. The van der Waals surface area contributed by atoms with Gasteiger partial charge in [0.1, 0.15) is 6.61 Å². The van der Waals surface area contributed by atoms with Gasteiger partial charge in [-0.3, -0.25) is 4.79 Å². The van der Waals surface area contributed by atoms with Crippen LogP contribution in [0.4, 0.5) is 0 Å². The van der Waals surface area contributed by atoms with E-state index in [9.17, 15) is 4.79 Å². The summed E-state index contributed by atoms with van der Waals surface area (Å²) >= 11 is 11.4. The van der Waals surface area contributed by atoms with E-state index in [1.165, 1.54) is 25.7 Å². The van der Waals surface area contributed by atoms with Gasteiger partial charge in [0.25, 0.3) is 0 Å². The number of morpholine rings is 1. The number of hydrogen-bond acceptors (Lipinski definition) is 3. The van der Waals surface area contributed by atoms with Crippen LogP contribution < -0.4 is 0 Å². The Kier molecular flexibility index (Phi) is 10.4. The average Bonchev–Trinajstić information content (AvgIpc) is 2.64. The van der Waals surface area contributed by atoms with Crippen molar-refractivity contribution in [3.05, 3.63) is 70.2 Å². The van der Waals surface area contributed by atoms with Crippen LogP contribution in [0.5, 0.6) is 0 Å². The minimum atomic E-state index is -0.138. The monoisotopic (exact) mass is 423 g/mol. The zero-order chi connectivity index (χ0) is 20.2. The van der Waals surface area contributed by atoms with Gasteiger partial charge in [-0.1, -0.05) is 79.2 Å². The van der Waals surface area contributed by atoms with E-state index in [1.807, 2.05) is 42.5 Å². The Bertz CT molecular complexity index is 687. The summed E-state index contributed by atoms with van der Waals surface area (Å²) in [7, 11) is 0. The second-order valence-corrected chi connectivity index (χ2v) is 7.48. The van der Waals surface area contributed by atoms with Gasteiger partial charge in [-0.25, -0.2) is 0 Å². The fourth-order valence-corrected chi connectivity index (χ4v) is 2.89. The van der Waals surface area contributed by atoms with Gasteiger partial charge in [0.15, 0.2) is 0 Å². The predicted molar refractivity (Wildman–Crippen MR) is 114 cm³/mol. The first-order chi connectivity index (χ1) is 13.6. The minimum absolute atomic E-state index is 0.0458. The van der Waals surface area contributed by atoms with E-state index in [2.05, 4.69) is 0 Å². The molecule has 28 heavy (non-hydrogen) atoms. The van der Waals surface area contributed by atoms with Gasteiger partial charge < -0.3 is 14.7 Å². The standard InChI is InChI=1S/C12H14ClNO3.C6H5Cl.C4H8/c13-10-3-1-9(2-4-10)11-7-17-8-12(16)14(11)5-6-15;7-6-4-2-1-3-5-6;1-2-4-3-1/h1-4,11,15H,5-8H2;1-5H;1-4H2. The third-order valence-electron chi connectivity index (χ3n) is 4.53. The van der Waals surface area contributed by atoms with Crippen molar-refractivity contribution in [1.82, 2.24) is 4.90 Å². The number of hydrogen-bond donors (Lipinski definition) is 1. The molecule has 1 N–H and O–H groups in total. The SMILES string of the molecule is C1CCC1.Clc1ccccc1.O=C1COCC(c2ccc(Cl)cc2)N1CCO. The van der Waals surface area contributed by atoms with Crippen molar-refractivity contribution in [2.24, 2.45) is 0 Å². The predicted octanol–water partition coefficient (Wildman–Crippen LogP) is 5.13. The van der Waals surface area contributed by atoms with Crippen LogP contribution in [0, 0.1) is 0 Å². The first kappa shape index (κ1) is 22.7. The zero-order valence-electron chi connectivity index (χ0n) is 15.9. The molecular formula is C22H27Cl2NO3. The first-order valence-electron chi connectivity index (χ1n) is 9.56. The molecule has 1 saturated heterocycles. The lowest BCUT2D eigenvalue weighted by Crippen LogP contribution is -2.45. The van der Waals surface area contributed by atoms with Crippen molar-refractivity contribution in [1.29, 1.82) is 0 Å². The summed E-state index contributed by atoms with van der Waals surface area (Å²) in [5.41, 5.74) is 0.968. The number of aliphatic hydroxyl groups excluding tert-OH is 1. The summed E-state index contributed by atoms with van der Waals surface area (Å²) in [6, 6.07) is 16.6. The van der Waals surface area contributed by atoms with Crippen molar-refractivity contribution in [3.63, 3.8) is 0 Å². The molecule has 1 unspecified atom stereocenters. The molecule has 152 valence electrons. The van der Waals surface area contributed by atoms with E-state index >= 15 is 0 Å². The lowest BCUT2D eigenvalue weighted by atomic mass is 10.0. The van der Waals surface area contributed by atoms with Gasteiger partial charge in [0.05, 0.1) is 19.3 Å². The van der Waals surface area contributed by atoms with E-state index in [4.69, 9.17) is 33.0 Å². The fourth-order valence-electron chi connectivity index (χ4n) is 2.62. The van der Waals surface area contributed by atoms with Gasteiger partial charge in [0, 0.05) is 16.6 Å². The number of carbonyl (C=O) groups is 1. The van der Waals surface area contributed by atoms with E-state index in [0.717, 1.165) is 10.6 Å². The molecule has 2 aromatic rings. The summed E-state index contributed by atoms with van der Waals surface area (Å²) in [5, 5.41) is 10.4. The molecule has 2 aliphatic rings. The Labute approximate surface area is 177 Å². The molecule has 2 aromatic carbocycles. The maximum absolute atomic E-state index is 11.7. The summed E-state index contributed by atoms with van der Waals surface area (Å²) in [5.74, 6) is -0.0924. The van der Waals surface area contributed by atoms with E-state index < -0.39 is 0 Å². The Morgan fingerprint density at radius 1 is 0.929 bits per heavy atom. The van der Waals surface area contributed by atoms with Gasteiger partial charge in [-0.2, -0.15) is 0 Å². The summed E-state index contributed by atoms with van der Waals surface area (Å²) < 4.78 is 5.25. The number of aliphatic hydroxyl groups is 1. The highest BCUT2D eigenvalue weighted by atomic mass is 35.5. The lowest BCUT2D eigenvalue weighted by molar-refractivity contribution is -0.149. The van der Waals surface area contributed by atoms with Crippen molar-refractivity contribution in [2.75, 3.05) is 26.4 Å². The van der Waals surface area contributed by atoms with E-state index in [1.54, 1.807) is 17.0 Å². The summed E-state index contributed by atoms with van der Waals surface area (Å²) in [4.78, 5) is 13.3. The van der Waals surface area contributed by atoms with Crippen LogP contribution >= 0.6 is 23.2 Å². The quantitative estimate of drug-likeness (QED) is 0.743. The van der Waals surface area contributed by atoms with Crippen LogP contribution in [0.25, 0.3) is 0 Å². The normalized spacial score (nSPS) is 18.2. The highest BCUT2D eigenvalue weighted by Gasteiger charge is 2.29. The van der Waals surface area contributed by atoms with Crippen LogP contribution in [-0.4, -0.2) is 42.3 Å². The van der Waals surface area contributed by atoms with E-state index in [-0.39, 0.29) is 25.2 Å². The molecule has 2 fully saturated rings. The van der Waals surface area contributed by atoms with Crippen molar-refractivity contribution < 1.29 is 14.6 Å². The number of halogens is 2. The molecular weight excluding hydrogens is 397 g/mol. The number of rotatable bonds is 3. The minimum Gasteiger partial charge on any atom is -0.395 e. The van der Waals surface area contributed by atoms with Crippen LogP contribution in [0.3, 0.4) is 0 Å². The maximum Gasteiger partial charge on any atom is 0.249 e. The molecule has 0 aromatic heterocycles. The molecule has 1 saturated carbocycles. The topological polar surface area (TPSA) is 49.8 Å². The Balaban J connectivity index is 0.000000207. The number of benzene rings is 2. The average molecular weight is 424 g/mol. The van der Waals surface area contributed by atoms with Gasteiger partial charge in [0.2, 0.25) is 5.91 Å². The largest absolute Gasteiger partial charge is 0.395 e. The Hall–Kier alpha value is -1.59. The van der Waals surface area contributed by atoms with Crippen LogP contribution in [-0.2, 0) is 9.53 Å². The Morgan fingerprint density at radius 3 is 1.96 bits per heavy atom.